The number of aromatic nitrogens is 1. The number of rotatable bonds is 6. The van der Waals surface area contributed by atoms with Crippen molar-refractivity contribution in [3.63, 3.8) is 0 Å². The predicted molar refractivity (Wildman–Crippen MR) is 97.7 cm³/mol. The van der Waals surface area contributed by atoms with Crippen molar-refractivity contribution in [1.29, 1.82) is 0 Å². The Morgan fingerprint density at radius 1 is 0.875 bits per heavy atom. The molecule has 0 atom stereocenters. The summed E-state index contributed by atoms with van der Waals surface area (Å²) in [4.78, 5) is 9.66. The Hall–Kier alpha value is -3.20. The minimum absolute atomic E-state index is 0.408. The normalized spacial score (nSPS) is 11.6. The van der Waals surface area contributed by atoms with Gasteiger partial charge in [0.25, 0.3) is 0 Å². The molecule has 0 N–H and O–H groups in total. The second kappa shape index (κ2) is 8.44. The number of benzene rings is 2. The third-order valence-electron chi connectivity index (χ3n) is 3.42. The van der Waals surface area contributed by atoms with Crippen LogP contribution in [0.3, 0.4) is 0 Å². The molecule has 0 aliphatic carbocycles. The van der Waals surface area contributed by atoms with Gasteiger partial charge in [-0.3, -0.25) is 4.98 Å². The van der Waals surface area contributed by atoms with Crippen molar-refractivity contribution in [2.75, 3.05) is 6.61 Å². The Morgan fingerprint density at radius 2 is 1.58 bits per heavy atom. The summed E-state index contributed by atoms with van der Waals surface area (Å²) in [5.41, 5.74) is 3.84. The fourth-order valence-corrected chi connectivity index (χ4v) is 2.26. The second-order valence-corrected chi connectivity index (χ2v) is 5.16. The molecule has 0 unspecified atom stereocenters. The van der Waals surface area contributed by atoms with E-state index in [1.54, 1.807) is 12.4 Å². The maximum absolute atomic E-state index is 5.50. The molecule has 118 valence electrons. The van der Waals surface area contributed by atoms with Crippen molar-refractivity contribution in [3.05, 3.63) is 108 Å². The van der Waals surface area contributed by atoms with Gasteiger partial charge in [0.15, 0.2) is 0 Å². The standard InChI is InChI=1S/C21H18N2O/c1-3-9-18(10-4-1)11-8-16-24-23-21(19-12-5-2-6-13-19)20-14-7-15-22-17-20/h1-15,17H,16H2. The van der Waals surface area contributed by atoms with E-state index in [0.717, 1.165) is 22.4 Å². The molecule has 3 nitrogen and oxygen atoms in total. The van der Waals surface area contributed by atoms with Crippen molar-refractivity contribution < 1.29 is 4.84 Å². The van der Waals surface area contributed by atoms with Crippen LogP contribution in [0.25, 0.3) is 6.08 Å². The smallest absolute Gasteiger partial charge is 0.135 e. The number of oxime groups is 1. The van der Waals surface area contributed by atoms with Gasteiger partial charge in [-0.25, -0.2) is 0 Å². The summed E-state index contributed by atoms with van der Waals surface area (Å²) < 4.78 is 0. The van der Waals surface area contributed by atoms with Crippen LogP contribution in [0.1, 0.15) is 16.7 Å². The fraction of sp³-hybridized carbons (Fsp3) is 0.0476. The van der Waals surface area contributed by atoms with Crippen molar-refractivity contribution >= 4 is 11.8 Å². The minimum Gasteiger partial charge on any atom is -0.391 e. The summed E-state index contributed by atoms with van der Waals surface area (Å²) in [7, 11) is 0. The molecule has 0 fully saturated rings. The van der Waals surface area contributed by atoms with E-state index in [9.17, 15) is 0 Å². The summed E-state index contributed by atoms with van der Waals surface area (Å²) in [6, 6.07) is 23.9. The SMILES string of the molecule is C(=Cc1ccccc1)CON=C(c1ccccc1)c1cccnc1. The number of hydrogen-bond acceptors (Lipinski definition) is 3. The molecule has 0 aliphatic rings. The molecule has 0 bridgehead atoms. The van der Waals surface area contributed by atoms with Crippen molar-refractivity contribution in [2.45, 2.75) is 0 Å². The molecular formula is C21H18N2O. The van der Waals surface area contributed by atoms with Crippen molar-refractivity contribution in [2.24, 2.45) is 5.16 Å². The molecule has 0 aliphatic heterocycles. The molecule has 3 heteroatoms. The van der Waals surface area contributed by atoms with E-state index in [2.05, 4.69) is 10.1 Å². The van der Waals surface area contributed by atoms with Gasteiger partial charge in [0.2, 0.25) is 0 Å². The summed E-state index contributed by atoms with van der Waals surface area (Å²) in [6.07, 6.45) is 7.50. The maximum Gasteiger partial charge on any atom is 0.135 e. The monoisotopic (exact) mass is 314 g/mol. The van der Waals surface area contributed by atoms with Crippen LogP contribution in [0.2, 0.25) is 0 Å². The molecular weight excluding hydrogens is 296 g/mol. The molecule has 0 saturated carbocycles. The van der Waals surface area contributed by atoms with Crippen molar-refractivity contribution in [1.82, 2.24) is 4.98 Å². The molecule has 1 heterocycles. The maximum atomic E-state index is 5.50. The van der Waals surface area contributed by atoms with Gasteiger partial charge in [-0.2, -0.15) is 0 Å². The highest BCUT2D eigenvalue weighted by atomic mass is 16.6. The lowest BCUT2D eigenvalue weighted by Crippen LogP contribution is -2.04. The summed E-state index contributed by atoms with van der Waals surface area (Å²) in [5, 5.41) is 4.32. The van der Waals surface area contributed by atoms with E-state index >= 15 is 0 Å². The van der Waals surface area contributed by atoms with Gasteiger partial charge < -0.3 is 4.84 Å². The third kappa shape index (κ3) is 4.40. The molecule has 24 heavy (non-hydrogen) atoms. The van der Waals surface area contributed by atoms with Gasteiger partial charge in [0.1, 0.15) is 12.3 Å². The third-order valence-corrected chi connectivity index (χ3v) is 3.42. The first kappa shape index (κ1) is 15.7. The van der Waals surface area contributed by atoms with Crippen molar-refractivity contribution in [3.8, 4) is 0 Å². The van der Waals surface area contributed by atoms with Gasteiger partial charge in [0, 0.05) is 23.5 Å². The zero-order valence-corrected chi connectivity index (χ0v) is 13.2. The van der Waals surface area contributed by atoms with Crippen LogP contribution in [-0.4, -0.2) is 17.3 Å². The van der Waals surface area contributed by atoms with Crippen LogP contribution >= 0.6 is 0 Å². The van der Waals surface area contributed by atoms with Gasteiger partial charge in [-0.15, -0.1) is 0 Å². The molecule has 1 aromatic heterocycles. The topological polar surface area (TPSA) is 34.5 Å². The van der Waals surface area contributed by atoms with Crippen LogP contribution in [0.15, 0.2) is 96.4 Å². The first-order valence-corrected chi connectivity index (χ1v) is 7.81. The van der Waals surface area contributed by atoms with E-state index in [0.29, 0.717) is 6.61 Å². The van der Waals surface area contributed by atoms with E-state index in [-0.39, 0.29) is 0 Å². The number of pyridine rings is 1. The molecule has 3 aromatic rings. The highest BCUT2D eigenvalue weighted by Crippen LogP contribution is 2.10. The number of nitrogens with zero attached hydrogens (tertiary/aromatic N) is 2. The Labute approximate surface area is 141 Å². The van der Waals surface area contributed by atoms with Crippen LogP contribution in [0.4, 0.5) is 0 Å². The average Bonchev–Trinajstić information content (AvgIpc) is 2.67. The highest BCUT2D eigenvalue weighted by molar-refractivity contribution is 6.12. The zero-order chi connectivity index (χ0) is 16.5. The average molecular weight is 314 g/mol. The first-order valence-electron chi connectivity index (χ1n) is 7.81. The Kier molecular flexibility index (Phi) is 5.51. The quantitative estimate of drug-likeness (QED) is 0.379. The number of hydrogen-bond donors (Lipinski definition) is 0. The van der Waals surface area contributed by atoms with E-state index in [4.69, 9.17) is 4.84 Å². The Balaban J connectivity index is 1.72. The van der Waals surface area contributed by atoms with E-state index in [1.807, 2.05) is 84.9 Å². The Bertz CT molecular complexity index is 756. The van der Waals surface area contributed by atoms with Crippen LogP contribution in [0, 0.1) is 0 Å². The van der Waals surface area contributed by atoms with Gasteiger partial charge in [-0.05, 0) is 23.8 Å². The summed E-state index contributed by atoms with van der Waals surface area (Å²) in [5.74, 6) is 0. The zero-order valence-electron chi connectivity index (χ0n) is 13.2. The van der Waals surface area contributed by atoms with Gasteiger partial charge >= 0.3 is 0 Å². The minimum atomic E-state index is 0.408. The summed E-state index contributed by atoms with van der Waals surface area (Å²) >= 11 is 0. The second-order valence-electron chi connectivity index (χ2n) is 5.16. The molecule has 2 aromatic carbocycles. The Morgan fingerprint density at radius 3 is 2.29 bits per heavy atom. The van der Waals surface area contributed by atoms with Crippen LogP contribution in [-0.2, 0) is 4.84 Å². The molecule has 0 radical (unpaired) electrons. The van der Waals surface area contributed by atoms with E-state index in [1.165, 1.54) is 0 Å². The van der Waals surface area contributed by atoms with Gasteiger partial charge in [-0.1, -0.05) is 71.9 Å². The molecule has 0 spiro atoms. The lowest BCUT2D eigenvalue weighted by atomic mass is 10.0. The first-order chi connectivity index (χ1) is 11.9. The molecule has 3 rings (SSSR count). The largest absolute Gasteiger partial charge is 0.391 e. The predicted octanol–water partition coefficient (Wildman–Crippen LogP) is 4.56. The van der Waals surface area contributed by atoms with Crippen LogP contribution in [0.5, 0.6) is 0 Å². The highest BCUT2D eigenvalue weighted by Gasteiger charge is 2.07. The summed E-state index contributed by atoms with van der Waals surface area (Å²) in [6.45, 7) is 0.408. The van der Waals surface area contributed by atoms with E-state index < -0.39 is 0 Å². The van der Waals surface area contributed by atoms with Crippen LogP contribution < -0.4 is 0 Å². The lowest BCUT2D eigenvalue weighted by molar-refractivity contribution is 0.175. The van der Waals surface area contributed by atoms with Gasteiger partial charge in [0.05, 0.1) is 0 Å². The fourth-order valence-electron chi connectivity index (χ4n) is 2.26. The molecule has 0 saturated heterocycles. The lowest BCUT2D eigenvalue weighted by Gasteiger charge is -2.06. The molecule has 0 amide bonds.